The lowest BCUT2D eigenvalue weighted by molar-refractivity contribution is -0.0528. The first-order valence-electron chi connectivity index (χ1n) is 9.12. The van der Waals surface area contributed by atoms with Crippen molar-refractivity contribution in [2.45, 2.75) is 13.5 Å². The van der Waals surface area contributed by atoms with Gasteiger partial charge in [-0.15, -0.1) is 11.3 Å². The molecule has 31 heavy (non-hydrogen) atoms. The predicted octanol–water partition coefficient (Wildman–Crippen LogP) is 4.46. The number of amides is 1. The van der Waals surface area contributed by atoms with E-state index in [1.165, 1.54) is 11.3 Å². The minimum atomic E-state index is -2.98. The molecule has 0 atom stereocenters. The van der Waals surface area contributed by atoms with Gasteiger partial charge in [0.15, 0.2) is 0 Å². The molecule has 0 aliphatic rings. The van der Waals surface area contributed by atoms with Crippen LogP contribution in [0.25, 0.3) is 31.8 Å². The van der Waals surface area contributed by atoms with Crippen LogP contribution < -0.4 is 14.8 Å². The molecule has 0 unspecified atom stereocenters. The number of benzene rings is 2. The van der Waals surface area contributed by atoms with Crippen molar-refractivity contribution in [1.29, 1.82) is 0 Å². The Morgan fingerprint density at radius 3 is 2.84 bits per heavy atom. The first-order chi connectivity index (χ1) is 14.9. The summed E-state index contributed by atoms with van der Waals surface area (Å²) < 4.78 is 35.8. The molecule has 2 N–H and O–H groups in total. The molecule has 0 fully saturated rings. The number of nitrogens with zero attached hydrogens (tertiary/aromatic N) is 3. The highest BCUT2D eigenvalue weighted by molar-refractivity contribution is 7.21. The van der Waals surface area contributed by atoms with E-state index in [1.54, 1.807) is 12.1 Å². The Morgan fingerprint density at radius 1 is 1.23 bits per heavy atom. The van der Waals surface area contributed by atoms with E-state index in [2.05, 4.69) is 25.0 Å². The normalized spacial score (nSPS) is 11.2. The number of carbonyl (C=O) groups is 1. The SMILES string of the molecule is Cc1cc(-c2nc3ccc(OCCNC(=O)O)cc3s2)c2ncc(OC(F)F)nc2c1. The van der Waals surface area contributed by atoms with Gasteiger partial charge in [0.05, 0.1) is 34.0 Å². The summed E-state index contributed by atoms with van der Waals surface area (Å²) in [5.41, 5.74) is 3.33. The van der Waals surface area contributed by atoms with E-state index in [1.807, 2.05) is 25.1 Å². The van der Waals surface area contributed by atoms with Crippen LogP contribution in [0.2, 0.25) is 0 Å². The van der Waals surface area contributed by atoms with Crippen molar-refractivity contribution in [2.75, 3.05) is 13.2 Å². The average Bonchev–Trinajstić information content (AvgIpc) is 3.13. The highest BCUT2D eigenvalue weighted by atomic mass is 32.1. The zero-order chi connectivity index (χ0) is 22.0. The van der Waals surface area contributed by atoms with E-state index in [0.717, 1.165) is 27.5 Å². The molecule has 160 valence electrons. The zero-order valence-corrected chi connectivity index (χ0v) is 16.9. The molecule has 2 aromatic carbocycles. The molecule has 1 amide bonds. The molecule has 0 bridgehead atoms. The zero-order valence-electron chi connectivity index (χ0n) is 16.1. The molecule has 0 spiro atoms. The van der Waals surface area contributed by atoms with Gasteiger partial charge in [-0.2, -0.15) is 8.78 Å². The lowest BCUT2D eigenvalue weighted by atomic mass is 10.1. The number of hydrogen-bond donors (Lipinski definition) is 2. The number of thiazole rings is 1. The van der Waals surface area contributed by atoms with Gasteiger partial charge in [-0.05, 0) is 42.8 Å². The van der Waals surface area contributed by atoms with Gasteiger partial charge in [-0.1, -0.05) is 0 Å². The van der Waals surface area contributed by atoms with Crippen molar-refractivity contribution >= 4 is 38.7 Å². The molecular weight excluding hydrogens is 430 g/mol. The third kappa shape index (κ3) is 4.77. The number of hydrogen-bond acceptors (Lipinski definition) is 7. The summed E-state index contributed by atoms with van der Waals surface area (Å²) in [7, 11) is 0. The molecule has 0 saturated carbocycles. The fourth-order valence-corrected chi connectivity index (χ4v) is 4.01. The summed E-state index contributed by atoms with van der Waals surface area (Å²) in [6, 6.07) is 9.06. The minimum absolute atomic E-state index is 0.173. The number of ether oxygens (including phenoxy) is 2. The number of carboxylic acid groups (broad SMARTS) is 1. The smallest absolute Gasteiger partial charge is 0.404 e. The standard InChI is InChI=1S/C20H16F2N4O4S/c1-10-6-12(17-14(7-10)25-16(9-24-17)30-19(21)22)18-26-13-3-2-11(8-15(13)31-18)29-5-4-23-20(27)28/h2-3,6-9,19,23H,4-5H2,1H3,(H,27,28). The fraction of sp³-hybridized carbons (Fsp3) is 0.200. The van der Waals surface area contributed by atoms with Crippen molar-refractivity contribution < 1.29 is 28.2 Å². The van der Waals surface area contributed by atoms with Crippen molar-refractivity contribution in [3.63, 3.8) is 0 Å². The molecule has 11 heteroatoms. The van der Waals surface area contributed by atoms with Gasteiger partial charge in [0, 0.05) is 5.56 Å². The molecule has 4 rings (SSSR count). The summed E-state index contributed by atoms with van der Waals surface area (Å²) in [5.74, 6) is 0.347. The molecule has 2 aromatic heterocycles. The first kappa shape index (κ1) is 20.7. The molecule has 2 heterocycles. The Balaban J connectivity index is 1.65. The van der Waals surface area contributed by atoms with Crippen molar-refractivity contribution in [1.82, 2.24) is 20.3 Å². The Kier molecular flexibility index (Phi) is 5.76. The Bertz CT molecular complexity index is 1260. The lowest BCUT2D eigenvalue weighted by Crippen LogP contribution is -2.26. The number of alkyl halides is 2. The van der Waals surface area contributed by atoms with Crippen molar-refractivity contribution in [3.05, 3.63) is 42.1 Å². The van der Waals surface area contributed by atoms with Gasteiger partial charge in [-0.3, -0.25) is 0 Å². The molecular formula is C20H16F2N4O4S. The Morgan fingerprint density at radius 2 is 2.06 bits per heavy atom. The van der Waals surface area contributed by atoms with Crippen LogP contribution in [0.4, 0.5) is 13.6 Å². The molecule has 0 radical (unpaired) electrons. The number of halogens is 2. The first-order valence-corrected chi connectivity index (χ1v) is 9.93. The van der Waals surface area contributed by atoms with E-state index in [-0.39, 0.29) is 19.0 Å². The van der Waals surface area contributed by atoms with Gasteiger partial charge in [0.2, 0.25) is 5.88 Å². The van der Waals surface area contributed by atoms with Gasteiger partial charge in [-0.25, -0.2) is 19.7 Å². The number of fused-ring (bicyclic) bond motifs is 2. The Hall–Kier alpha value is -3.60. The van der Waals surface area contributed by atoms with Crippen LogP contribution in [-0.2, 0) is 0 Å². The lowest BCUT2D eigenvalue weighted by Gasteiger charge is -2.07. The van der Waals surface area contributed by atoms with Crippen molar-refractivity contribution in [3.8, 4) is 22.2 Å². The average molecular weight is 446 g/mol. The predicted molar refractivity (Wildman–Crippen MR) is 111 cm³/mol. The second-order valence-corrected chi connectivity index (χ2v) is 7.53. The summed E-state index contributed by atoms with van der Waals surface area (Å²) >= 11 is 1.43. The number of aromatic nitrogens is 3. The third-order valence-corrected chi connectivity index (χ3v) is 5.27. The number of rotatable bonds is 7. The highest BCUT2D eigenvalue weighted by Crippen LogP contribution is 2.36. The minimum Gasteiger partial charge on any atom is -0.492 e. The molecule has 0 saturated heterocycles. The van der Waals surface area contributed by atoms with Gasteiger partial charge in [0.25, 0.3) is 0 Å². The maximum absolute atomic E-state index is 12.5. The summed E-state index contributed by atoms with van der Waals surface area (Å²) in [6.45, 7) is -0.732. The third-order valence-electron chi connectivity index (χ3n) is 4.22. The van der Waals surface area contributed by atoms with Crippen LogP contribution in [0, 0.1) is 6.92 Å². The van der Waals surface area contributed by atoms with E-state index in [0.29, 0.717) is 21.8 Å². The van der Waals surface area contributed by atoms with E-state index < -0.39 is 12.7 Å². The molecule has 0 aliphatic heterocycles. The largest absolute Gasteiger partial charge is 0.492 e. The van der Waals surface area contributed by atoms with Gasteiger partial charge in [0.1, 0.15) is 17.4 Å². The topological polar surface area (TPSA) is 106 Å². The van der Waals surface area contributed by atoms with Crippen LogP contribution in [0.1, 0.15) is 5.56 Å². The van der Waals surface area contributed by atoms with E-state index in [4.69, 9.17) is 9.84 Å². The maximum atomic E-state index is 12.5. The van der Waals surface area contributed by atoms with Crippen LogP contribution in [0.5, 0.6) is 11.6 Å². The number of aryl methyl sites for hydroxylation is 1. The van der Waals surface area contributed by atoms with Crippen LogP contribution in [0.3, 0.4) is 0 Å². The second kappa shape index (κ2) is 8.64. The molecule has 8 nitrogen and oxygen atoms in total. The highest BCUT2D eigenvalue weighted by Gasteiger charge is 2.15. The van der Waals surface area contributed by atoms with Gasteiger partial charge < -0.3 is 19.9 Å². The maximum Gasteiger partial charge on any atom is 0.404 e. The fourth-order valence-electron chi connectivity index (χ4n) is 3.00. The summed E-state index contributed by atoms with van der Waals surface area (Å²) in [6.07, 6.45) is 0.0603. The van der Waals surface area contributed by atoms with Crippen LogP contribution >= 0.6 is 11.3 Å². The summed E-state index contributed by atoms with van der Waals surface area (Å²) in [4.78, 5) is 23.5. The van der Waals surface area contributed by atoms with Gasteiger partial charge >= 0.3 is 12.7 Å². The molecule has 0 aliphatic carbocycles. The van der Waals surface area contributed by atoms with E-state index in [9.17, 15) is 13.6 Å². The second-order valence-electron chi connectivity index (χ2n) is 6.50. The van der Waals surface area contributed by atoms with Crippen LogP contribution in [-0.4, -0.2) is 45.9 Å². The molecule has 4 aromatic rings. The monoisotopic (exact) mass is 446 g/mol. The van der Waals surface area contributed by atoms with Crippen LogP contribution in [0.15, 0.2) is 36.5 Å². The van der Waals surface area contributed by atoms with E-state index >= 15 is 0 Å². The summed E-state index contributed by atoms with van der Waals surface area (Å²) in [5, 5.41) is 11.5. The van der Waals surface area contributed by atoms with Crippen molar-refractivity contribution in [2.24, 2.45) is 0 Å². The Labute approximate surface area is 178 Å². The number of nitrogens with one attached hydrogen (secondary N) is 1. The quantitative estimate of drug-likeness (QED) is 0.404.